The number of hydrogen-bond donors (Lipinski definition) is 1. The van der Waals surface area contributed by atoms with Gasteiger partial charge >= 0.3 is 0 Å². The van der Waals surface area contributed by atoms with E-state index in [-0.39, 0.29) is 22.3 Å². The summed E-state index contributed by atoms with van der Waals surface area (Å²) in [5.74, 6) is 0.718. The predicted molar refractivity (Wildman–Crippen MR) is 129 cm³/mol. The molecular formula is C24H18N4O3S2. The second-order valence-corrected chi connectivity index (χ2v) is 8.91. The van der Waals surface area contributed by atoms with Gasteiger partial charge < -0.3 is 9.72 Å². The predicted octanol–water partition coefficient (Wildman–Crippen LogP) is 4.72. The molecule has 9 heteroatoms. The number of H-pyrrole nitrogens is 1. The van der Waals surface area contributed by atoms with Gasteiger partial charge in [0.2, 0.25) is 0 Å². The molecule has 2 aromatic heterocycles. The van der Waals surface area contributed by atoms with Gasteiger partial charge in [-0.1, -0.05) is 42.1 Å². The minimum atomic E-state index is -0.530. The van der Waals surface area contributed by atoms with Crippen LogP contribution in [0.25, 0.3) is 21.8 Å². The van der Waals surface area contributed by atoms with E-state index in [0.717, 1.165) is 28.1 Å². The Kier molecular flexibility index (Phi) is 6.68. The Bertz CT molecular complexity index is 1400. The average Bonchev–Trinajstić information content (AvgIpc) is 3.24. The summed E-state index contributed by atoms with van der Waals surface area (Å²) in [6.45, 7) is 1.80. The van der Waals surface area contributed by atoms with Crippen LogP contribution < -0.4 is 10.3 Å². The van der Waals surface area contributed by atoms with Gasteiger partial charge in [-0.2, -0.15) is 5.26 Å². The number of nitrogens with one attached hydrogen (secondary N) is 1. The molecule has 1 N–H and O–H groups in total. The van der Waals surface area contributed by atoms with Crippen molar-refractivity contribution in [2.45, 2.75) is 12.1 Å². The Morgan fingerprint density at radius 2 is 1.85 bits per heavy atom. The molecule has 7 nitrogen and oxygen atoms in total. The number of nitrogens with zero attached hydrogens (tertiary/aromatic N) is 3. The van der Waals surface area contributed by atoms with Crippen LogP contribution in [0.4, 0.5) is 0 Å². The molecule has 0 aliphatic heterocycles. The van der Waals surface area contributed by atoms with E-state index in [2.05, 4.69) is 15.0 Å². The van der Waals surface area contributed by atoms with Crippen LogP contribution in [0, 0.1) is 18.3 Å². The molecule has 0 unspecified atom stereocenters. The SMILES string of the molecule is COc1ccc(-c2nc(C)c(C(=O)CSc3nc(-c4ccccc4)c(C#N)c(=O)[nH]3)s2)cc1. The van der Waals surface area contributed by atoms with Gasteiger partial charge in [-0.3, -0.25) is 9.59 Å². The van der Waals surface area contributed by atoms with Gasteiger partial charge in [0, 0.05) is 11.1 Å². The third kappa shape index (κ3) is 4.87. The lowest BCUT2D eigenvalue weighted by atomic mass is 10.1. The number of ketones is 1. The molecule has 164 valence electrons. The topological polar surface area (TPSA) is 109 Å². The number of nitriles is 1. The first-order chi connectivity index (χ1) is 16.0. The average molecular weight is 475 g/mol. The molecule has 0 amide bonds. The minimum absolute atomic E-state index is 0.0562. The van der Waals surface area contributed by atoms with Crippen LogP contribution in [-0.4, -0.2) is 33.6 Å². The fourth-order valence-electron chi connectivity index (χ4n) is 3.14. The highest BCUT2D eigenvalue weighted by Gasteiger charge is 2.18. The summed E-state index contributed by atoms with van der Waals surface area (Å²) < 4.78 is 5.18. The van der Waals surface area contributed by atoms with Gasteiger partial charge in [-0.05, 0) is 31.2 Å². The van der Waals surface area contributed by atoms with Crippen LogP contribution in [0.5, 0.6) is 5.75 Å². The highest BCUT2D eigenvalue weighted by molar-refractivity contribution is 7.99. The molecule has 33 heavy (non-hydrogen) atoms. The third-order valence-electron chi connectivity index (χ3n) is 4.78. The number of thioether (sulfide) groups is 1. The second-order valence-electron chi connectivity index (χ2n) is 6.95. The molecule has 0 saturated carbocycles. The van der Waals surface area contributed by atoms with E-state index in [1.807, 2.05) is 48.5 Å². The monoisotopic (exact) mass is 474 g/mol. The van der Waals surface area contributed by atoms with E-state index in [1.54, 1.807) is 26.2 Å². The van der Waals surface area contributed by atoms with Crippen LogP contribution in [0.15, 0.2) is 64.5 Å². The van der Waals surface area contributed by atoms with Crippen molar-refractivity contribution in [2.75, 3.05) is 12.9 Å². The van der Waals surface area contributed by atoms with Crippen LogP contribution in [-0.2, 0) is 0 Å². The number of benzene rings is 2. The van der Waals surface area contributed by atoms with Gasteiger partial charge in [0.1, 0.15) is 22.4 Å². The fourth-order valence-corrected chi connectivity index (χ4v) is 4.97. The number of hydrogen-bond acceptors (Lipinski definition) is 8. The smallest absolute Gasteiger partial charge is 0.270 e. The van der Waals surface area contributed by atoms with E-state index in [1.165, 1.54) is 11.3 Å². The Balaban J connectivity index is 1.55. The largest absolute Gasteiger partial charge is 0.497 e. The molecule has 0 atom stereocenters. The minimum Gasteiger partial charge on any atom is -0.497 e. The van der Waals surface area contributed by atoms with Gasteiger partial charge in [0.25, 0.3) is 5.56 Å². The molecule has 2 aromatic carbocycles. The number of Topliss-reactive ketones (excluding diaryl/α,β-unsaturated/α-hetero) is 1. The van der Waals surface area contributed by atoms with Crippen molar-refractivity contribution in [2.24, 2.45) is 0 Å². The van der Waals surface area contributed by atoms with Crippen molar-refractivity contribution in [3.8, 4) is 33.6 Å². The van der Waals surface area contributed by atoms with E-state index in [0.29, 0.717) is 21.8 Å². The number of thiazole rings is 1. The lowest BCUT2D eigenvalue weighted by molar-refractivity contribution is 0.102. The van der Waals surface area contributed by atoms with Crippen molar-refractivity contribution in [3.63, 3.8) is 0 Å². The molecule has 0 aliphatic rings. The Morgan fingerprint density at radius 1 is 1.12 bits per heavy atom. The maximum Gasteiger partial charge on any atom is 0.270 e. The van der Waals surface area contributed by atoms with Gasteiger partial charge in [0.05, 0.1) is 29.1 Å². The summed E-state index contributed by atoms with van der Waals surface area (Å²) in [6.07, 6.45) is 0. The fraction of sp³-hybridized carbons (Fsp3) is 0.125. The first-order valence-electron chi connectivity index (χ1n) is 9.88. The zero-order valence-electron chi connectivity index (χ0n) is 17.8. The van der Waals surface area contributed by atoms with Crippen LogP contribution >= 0.6 is 23.1 Å². The summed E-state index contributed by atoms with van der Waals surface area (Å²) in [6, 6.07) is 18.4. The van der Waals surface area contributed by atoms with Crippen molar-refractivity contribution >= 4 is 28.9 Å². The van der Waals surface area contributed by atoms with Gasteiger partial charge in [0.15, 0.2) is 10.9 Å². The number of carbonyl (C=O) groups excluding carboxylic acids is 1. The number of aryl methyl sites for hydroxylation is 1. The summed E-state index contributed by atoms with van der Waals surface area (Å²) in [5, 5.41) is 10.4. The maximum absolute atomic E-state index is 12.9. The second kappa shape index (κ2) is 9.81. The lowest BCUT2D eigenvalue weighted by Crippen LogP contribution is -2.15. The van der Waals surface area contributed by atoms with Gasteiger partial charge in [-0.25, -0.2) is 9.97 Å². The first-order valence-corrected chi connectivity index (χ1v) is 11.7. The zero-order valence-corrected chi connectivity index (χ0v) is 19.4. The van der Waals surface area contributed by atoms with Crippen molar-refractivity contribution < 1.29 is 9.53 Å². The summed E-state index contributed by atoms with van der Waals surface area (Å²) >= 11 is 2.45. The molecule has 4 aromatic rings. The van der Waals surface area contributed by atoms with Crippen molar-refractivity contribution in [1.82, 2.24) is 15.0 Å². The highest BCUT2D eigenvalue weighted by Crippen LogP contribution is 2.30. The van der Waals surface area contributed by atoms with E-state index >= 15 is 0 Å². The summed E-state index contributed by atoms with van der Waals surface area (Å²) in [7, 11) is 1.61. The number of methoxy groups -OCH3 is 1. The number of carbonyl (C=O) groups is 1. The molecule has 0 aliphatic carbocycles. The number of ether oxygens (including phenoxy) is 1. The van der Waals surface area contributed by atoms with E-state index < -0.39 is 5.56 Å². The first kappa shape index (κ1) is 22.5. The summed E-state index contributed by atoms with van der Waals surface area (Å²) in [4.78, 5) is 37.5. The number of rotatable bonds is 7. The Morgan fingerprint density at radius 3 is 2.52 bits per heavy atom. The standard InChI is InChI=1S/C24H18N4O3S2/c1-14-21(33-23(26-14)16-8-10-17(31-2)11-9-16)19(29)13-32-24-27-20(15-6-4-3-5-7-15)18(12-25)22(30)28-24/h3-11H,13H2,1-2H3,(H,27,28,30). The van der Waals surface area contributed by atoms with Crippen LogP contribution in [0.3, 0.4) is 0 Å². The van der Waals surface area contributed by atoms with Gasteiger partial charge in [-0.15, -0.1) is 11.3 Å². The normalized spacial score (nSPS) is 10.6. The zero-order chi connectivity index (χ0) is 23.4. The quantitative estimate of drug-likeness (QED) is 0.234. The molecule has 0 radical (unpaired) electrons. The molecule has 0 spiro atoms. The van der Waals surface area contributed by atoms with E-state index in [4.69, 9.17) is 4.74 Å². The highest BCUT2D eigenvalue weighted by atomic mass is 32.2. The molecule has 2 heterocycles. The molecule has 0 saturated heterocycles. The van der Waals surface area contributed by atoms with Crippen molar-refractivity contribution in [3.05, 3.63) is 81.1 Å². The van der Waals surface area contributed by atoms with E-state index in [9.17, 15) is 14.9 Å². The molecule has 4 rings (SSSR count). The molecule has 0 bridgehead atoms. The maximum atomic E-state index is 12.9. The Labute approximate surface area is 198 Å². The van der Waals surface area contributed by atoms with Crippen molar-refractivity contribution in [1.29, 1.82) is 5.26 Å². The number of aromatic amines is 1. The Hall–Kier alpha value is -3.74. The third-order valence-corrected chi connectivity index (χ3v) is 6.90. The molecule has 0 fully saturated rings. The summed E-state index contributed by atoms with van der Waals surface area (Å²) in [5.41, 5.74) is 1.93. The van der Waals surface area contributed by atoms with Crippen LogP contribution in [0.1, 0.15) is 20.9 Å². The lowest BCUT2D eigenvalue weighted by Gasteiger charge is -2.06. The number of aromatic nitrogens is 3. The molecular weight excluding hydrogens is 456 g/mol. The van der Waals surface area contributed by atoms with Crippen LogP contribution in [0.2, 0.25) is 0 Å².